The lowest BCUT2D eigenvalue weighted by atomic mass is 9.92. The number of halogens is 1. The summed E-state index contributed by atoms with van der Waals surface area (Å²) in [6.45, 7) is 5.26. The molecule has 1 aromatic rings. The maximum atomic E-state index is 12.8. The Morgan fingerprint density at radius 2 is 1.90 bits per heavy atom. The first-order valence-electron chi connectivity index (χ1n) is 7.62. The molecule has 1 spiro atoms. The van der Waals surface area contributed by atoms with Gasteiger partial charge in [0, 0.05) is 45.7 Å². The first-order valence-corrected chi connectivity index (χ1v) is 7.62. The third-order valence-corrected chi connectivity index (χ3v) is 4.28. The van der Waals surface area contributed by atoms with Crippen molar-refractivity contribution in [2.24, 2.45) is 0 Å². The number of rotatable bonds is 3. The summed E-state index contributed by atoms with van der Waals surface area (Å²) in [6.07, 6.45) is 6.17. The van der Waals surface area contributed by atoms with Gasteiger partial charge in [0.1, 0.15) is 5.82 Å². The highest BCUT2D eigenvalue weighted by Gasteiger charge is 2.37. The molecule has 0 aromatic heterocycles. The van der Waals surface area contributed by atoms with Crippen LogP contribution >= 0.6 is 0 Å². The van der Waals surface area contributed by atoms with Crippen LogP contribution in [0.4, 0.5) is 4.39 Å². The molecule has 3 nitrogen and oxygen atoms in total. The predicted molar refractivity (Wildman–Crippen MR) is 80.6 cm³/mol. The fraction of sp³-hybridized carbons (Fsp3) is 0.529. The highest BCUT2D eigenvalue weighted by Crippen LogP contribution is 2.28. The average molecular weight is 291 g/mol. The fourth-order valence-corrected chi connectivity index (χ4v) is 3.04. The first kappa shape index (κ1) is 14.7. The molecule has 0 atom stereocenters. The van der Waals surface area contributed by atoms with Crippen molar-refractivity contribution in [3.05, 3.63) is 41.7 Å². The van der Waals surface area contributed by atoms with Crippen LogP contribution in [0.15, 0.2) is 30.3 Å². The van der Waals surface area contributed by atoms with Crippen molar-refractivity contribution >= 4 is 6.08 Å². The van der Waals surface area contributed by atoms with E-state index in [1.807, 2.05) is 6.08 Å². The maximum Gasteiger partial charge on any atom is 0.123 e. The van der Waals surface area contributed by atoms with Gasteiger partial charge in [0.15, 0.2) is 0 Å². The van der Waals surface area contributed by atoms with Gasteiger partial charge in [-0.15, -0.1) is 0 Å². The van der Waals surface area contributed by atoms with E-state index < -0.39 is 0 Å². The molecule has 2 saturated heterocycles. The Balaban J connectivity index is 1.53. The molecule has 2 aliphatic heterocycles. The van der Waals surface area contributed by atoms with Crippen molar-refractivity contribution < 1.29 is 13.9 Å². The summed E-state index contributed by atoms with van der Waals surface area (Å²) in [5.41, 5.74) is 1.03. The van der Waals surface area contributed by atoms with Crippen molar-refractivity contribution in [1.29, 1.82) is 0 Å². The highest BCUT2D eigenvalue weighted by atomic mass is 19.1. The zero-order valence-corrected chi connectivity index (χ0v) is 12.3. The third-order valence-electron chi connectivity index (χ3n) is 4.28. The van der Waals surface area contributed by atoms with Crippen LogP contribution in [-0.2, 0) is 9.47 Å². The van der Waals surface area contributed by atoms with Gasteiger partial charge in [0.05, 0.1) is 12.2 Å². The van der Waals surface area contributed by atoms with Gasteiger partial charge < -0.3 is 9.47 Å². The summed E-state index contributed by atoms with van der Waals surface area (Å²) < 4.78 is 24.3. The molecule has 0 saturated carbocycles. The Labute approximate surface area is 125 Å². The zero-order valence-electron chi connectivity index (χ0n) is 12.3. The third kappa shape index (κ3) is 3.90. The summed E-state index contributed by atoms with van der Waals surface area (Å²) >= 11 is 0. The van der Waals surface area contributed by atoms with Crippen LogP contribution in [0.25, 0.3) is 6.08 Å². The van der Waals surface area contributed by atoms with Gasteiger partial charge in [-0.1, -0.05) is 24.3 Å². The van der Waals surface area contributed by atoms with Crippen LogP contribution in [0.5, 0.6) is 0 Å². The maximum absolute atomic E-state index is 12.8. The van der Waals surface area contributed by atoms with Crippen molar-refractivity contribution in [2.75, 3.05) is 39.5 Å². The summed E-state index contributed by atoms with van der Waals surface area (Å²) in [6, 6.07) is 6.58. The molecule has 0 amide bonds. The molecule has 0 radical (unpaired) electrons. The van der Waals surface area contributed by atoms with E-state index in [-0.39, 0.29) is 11.4 Å². The normalized spacial score (nSPS) is 22.9. The second-order valence-corrected chi connectivity index (χ2v) is 5.83. The van der Waals surface area contributed by atoms with Crippen molar-refractivity contribution in [3.63, 3.8) is 0 Å². The topological polar surface area (TPSA) is 21.7 Å². The SMILES string of the molecule is Fc1ccc(/C=C/CN2CCOC3(CCOCC3)C2)cc1. The van der Waals surface area contributed by atoms with Crippen LogP contribution in [0.3, 0.4) is 0 Å². The van der Waals surface area contributed by atoms with E-state index in [0.29, 0.717) is 0 Å². The van der Waals surface area contributed by atoms with Crippen LogP contribution in [0.1, 0.15) is 18.4 Å². The van der Waals surface area contributed by atoms with Crippen LogP contribution in [0.2, 0.25) is 0 Å². The average Bonchev–Trinajstić information content (AvgIpc) is 2.50. The number of nitrogens with zero attached hydrogens (tertiary/aromatic N) is 1. The van der Waals surface area contributed by atoms with E-state index in [1.54, 1.807) is 12.1 Å². The van der Waals surface area contributed by atoms with E-state index >= 15 is 0 Å². The highest BCUT2D eigenvalue weighted by molar-refractivity contribution is 5.48. The molecule has 2 heterocycles. The quantitative estimate of drug-likeness (QED) is 0.854. The number of hydrogen-bond acceptors (Lipinski definition) is 3. The molecular weight excluding hydrogens is 269 g/mol. The van der Waals surface area contributed by atoms with Gasteiger partial charge in [0.2, 0.25) is 0 Å². The Hall–Kier alpha value is -1.23. The van der Waals surface area contributed by atoms with Crippen molar-refractivity contribution in [1.82, 2.24) is 4.90 Å². The zero-order chi connectivity index (χ0) is 14.5. The molecule has 114 valence electrons. The molecule has 4 heteroatoms. The Bertz CT molecular complexity index is 475. The first-order chi connectivity index (χ1) is 10.3. The van der Waals surface area contributed by atoms with E-state index in [1.165, 1.54) is 12.1 Å². The smallest absolute Gasteiger partial charge is 0.123 e. The van der Waals surface area contributed by atoms with E-state index in [9.17, 15) is 4.39 Å². The lowest BCUT2D eigenvalue weighted by Gasteiger charge is -2.44. The molecule has 3 rings (SSSR count). The molecule has 0 bridgehead atoms. The Morgan fingerprint density at radius 1 is 1.14 bits per heavy atom. The van der Waals surface area contributed by atoms with E-state index in [2.05, 4.69) is 11.0 Å². The lowest BCUT2D eigenvalue weighted by Crippen LogP contribution is -2.54. The summed E-state index contributed by atoms with van der Waals surface area (Å²) in [5, 5.41) is 0. The van der Waals surface area contributed by atoms with Gasteiger partial charge in [-0.3, -0.25) is 4.90 Å². The van der Waals surface area contributed by atoms with Gasteiger partial charge in [-0.2, -0.15) is 0 Å². The number of morpholine rings is 1. The largest absolute Gasteiger partial charge is 0.381 e. The van der Waals surface area contributed by atoms with Crippen LogP contribution < -0.4 is 0 Å². The van der Waals surface area contributed by atoms with Crippen molar-refractivity contribution in [2.45, 2.75) is 18.4 Å². The minimum Gasteiger partial charge on any atom is -0.381 e. The van der Waals surface area contributed by atoms with Crippen LogP contribution in [-0.4, -0.2) is 50.0 Å². The second-order valence-electron chi connectivity index (χ2n) is 5.83. The number of ether oxygens (including phenoxy) is 2. The molecule has 0 unspecified atom stereocenters. The monoisotopic (exact) mass is 291 g/mol. The molecule has 21 heavy (non-hydrogen) atoms. The number of benzene rings is 1. The second kappa shape index (κ2) is 6.69. The minimum atomic E-state index is -0.193. The van der Waals surface area contributed by atoms with Gasteiger partial charge in [-0.25, -0.2) is 4.39 Å². The Morgan fingerprint density at radius 3 is 2.67 bits per heavy atom. The summed E-state index contributed by atoms with van der Waals surface area (Å²) in [5.74, 6) is -0.193. The van der Waals surface area contributed by atoms with Gasteiger partial charge in [-0.05, 0) is 17.7 Å². The van der Waals surface area contributed by atoms with Crippen LogP contribution in [0, 0.1) is 5.82 Å². The molecule has 2 fully saturated rings. The molecule has 1 aromatic carbocycles. The minimum absolute atomic E-state index is 0.000214. The fourth-order valence-electron chi connectivity index (χ4n) is 3.04. The molecule has 0 aliphatic carbocycles. The van der Waals surface area contributed by atoms with E-state index in [4.69, 9.17) is 9.47 Å². The standard InChI is InChI=1S/C17H22FNO2/c18-16-5-3-15(4-6-16)2-1-9-19-10-13-21-17(14-19)7-11-20-12-8-17/h1-6H,7-14H2/b2-1+. The number of hydrogen-bond donors (Lipinski definition) is 0. The molecular formula is C17H22FNO2. The van der Waals surface area contributed by atoms with Gasteiger partial charge >= 0.3 is 0 Å². The van der Waals surface area contributed by atoms with Gasteiger partial charge in [0.25, 0.3) is 0 Å². The molecule has 0 N–H and O–H groups in total. The summed E-state index contributed by atoms with van der Waals surface area (Å²) in [4.78, 5) is 2.43. The summed E-state index contributed by atoms with van der Waals surface area (Å²) in [7, 11) is 0. The van der Waals surface area contributed by atoms with Crippen molar-refractivity contribution in [3.8, 4) is 0 Å². The van der Waals surface area contributed by atoms with E-state index in [0.717, 1.165) is 57.9 Å². The molecule has 2 aliphatic rings. The predicted octanol–water partition coefficient (Wildman–Crippen LogP) is 2.72. The lowest BCUT2D eigenvalue weighted by molar-refractivity contribution is -0.151. The Kier molecular flexibility index (Phi) is 4.68.